The van der Waals surface area contributed by atoms with E-state index in [0.717, 1.165) is 5.57 Å². The molecule has 0 fully saturated rings. The first-order valence-electron chi connectivity index (χ1n) is 4.13. The first-order chi connectivity index (χ1) is 7.17. The Kier molecular flexibility index (Phi) is 4.30. The molecule has 1 aromatic heterocycles. The summed E-state index contributed by atoms with van der Waals surface area (Å²) in [5.74, 6) is 0.578. The molecule has 0 spiro atoms. The van der Waals surface area contributed by atoms with Crippen LogP contribution < -0.4 is 5.32 Å². The molecule has 1 heterocycles. The van der Waals surface area contributed by atoms with E-state index in [4.69, 9.17) is 15.2 Å². The zero-order valence-corrected chi connectivity index (χ0v) is 10.2. The summed E-state index contributed by atoms with van der Waals surface area (Å²) in [6.07, 6.45) is 2.18. The predicted molar refractivity (Wildman–Crippen MR) is 63.8 cm³/mol. The molecule has 0 aliphatic carbocycles. The van der Waals surface area contributed by atoms with Crippen molar-refractivity contribution in [2.45, 2.75) is 6.42 Å². The number of nitrogens with one attached hydrogen (secondary N) is 2. The van der Waals surface area contributed by atoms with Crippen LogP contribution in [0.2, 0.25) is 0 Å². The Labute approximate surface area is 101 Å². The normalized spacial score (nSPS) is 10.9. The van der Waals surface area contributed by atoms with E-state index in [1.165, 1.54) is 0 Å². The molecule has 0 atom stereocenters. The highest BCUT2D eigenvalue weighted by atomic mass is 127. The fraction of sp³-hybridized carbons (Fsp3) is 0.222. The lowest BCUT2D eigenvalue weighted by Crippen LogP contribution is -2.03. The second kappa shape index (κ2) is 5.50. The molecule has 1 aromatic rings. The summed E-state index contributed by atoms with van der Waals surface area (Å²) in [7, 11) is 1.76. The molecule has 6 heteroatoms. The molecule has 0 aliphatic heterocycles. The Hall–Kier alpha value is -1.36. The van der Waals surface area contributed by atoms with E-state index in [-0.39, 0.29) is 5.69 Å². The van der Waals surface area contributed by atoms with E-state index in [2.05, 4.69) is 10.5 Å². The fourth-order valence-electron chi connectivity index (χ4n) is 1.00. The number of allylic oxidation sites excluding steroid dienone is 1. The maximum Gasteiger partial charge on any atom is 0.183 e. The van der Waals surface area contributed by atoms with Crippen molar-refractivity contribution in [3.05, 3.63) is 29.3 Å². The Morgan fingerprint density at radius 1 is 1.87 bits per heavy atom. The van der Waals surface area contributed by atoms with Crippen molar-refractivity contribution in [2.24, 2.45) is 0 Å². The van der Waals surface area contributed by atoms with Gasteiger partial charge >= 0.3 is 0 Å². The smallest absolute Gasteiger partial charge is 0.183 e. The van der Waals surface area contributed by atoms with Crippen LogP contribution in [0.3, 0.4) is 0 Å². The molecule has 5 nitrogen and oxygen atoms in total. The van der Waals surface area contributed by atoms with E-state index in [1.54, 1.807) is 19.3 Å². The van der Waals surface area contributed by atoms with Gasteiger partial charge in [0, 0.05) is 31.3 Å². The van der Waals surface area contributed by atoms with Crippen LogP contribution in [-0.4, -0.2) is 15.9 Å². The van der Waals surface area contributed by atoms with Crippen molar-refractivity contribution in [1.82, 2.24) is 10.5 Å². The Balaban J connectivity index is 2.80. The Morgan fingerprint density at radius 2 is 2.60 bits per heavy atom. The second-order valence-corrected chi connectivity index (χ2v) is 3.82. The van der Waals surface area contributed by atoms with Gasteiger partial charge in [-0.3, -0.25) is 5.41 Å². The molecule has 0 aromatic carbocycles. The summed E-state index contributed by atoms with van der Waals surface area (Å²) in [6.45, 7) is 0. The van der Waals surface area contributed by atoms with Crippen LogP contribution in [0.5, 0.6) is 0 Å². The average Bonchev–Trinajstić information content (AvgIpc) is 2.65. The predicted octanol–water partition coefficient (Wildman–Crippen LogP) is 1.60. The lowest BCUT2D eigenvalue weighted by atomic mass is 10.2. The largest absolute Gasteiger partial charge is 0.394 e. The summed E-state index contributed by atoms with van der Waals surface area (Å²) in [5, 5.41) is 22.5. The number of halogens is 1. The minimum absolute atomic E-state index is 0.258. The molecule has 1 rings (SSSR count). The quantitative estimate of drug-likeness (QED) is 0.653. The van der Waals surface area contributed by atoms with Gasteiger partial charge in [0.05, 0.1) is 3.72 Å². The highest BCUT2D eigenvalue weighted by Gasteiger charge is 2.08. The van der Waals surface area contributed by atoms with E-state index >= 15 is 0 Å². The van der Waals surface area contributed by atoms with Gasteiger partial charge in [0.2, 0.25) is 0 Å². The van der Waals surface area contributed by atoms with Gasteiger partial charge < -0.3 is 9.84 Å². The van der Waals surface area contributed by atoms with Gasteiger partial charge in [-0.2, -0.15) is 5.26 Å². The molecule has 0 saturated carbocycles. The van der Waals surface area contributed by atoms with E-state index < -0.39 is 0 Å². The van der Waals surface area contributed by atoms with Crippen LogP contribution in [0, 0.1) is 16.7 Å². The fourth-order valence-corrected chi connectivity index (χ4v) is 1.35. The van der Waals surface area contributed by atoms with Gasteiger partial charge in [0.25, 0.3) is 0 Å². The maximum atomic E-state index is 8.55. The SMILES string of the molecule is CN/C=C(/Cc1cc(C#N)no1)C(=N)I. The lowest BCUT2D eigenvalue weighted by Gasteiger charge is -2.00. The average molecular weight is 316 g/mol. The molecule has 78 valence electrons. The van der Waals surface area contributed by atoms with E-state index in [9.17, 15) is 0 Å². The molecule has 0 bridgehead atoms. The van der Waals surface area contributed by atoms with Crippen LogP contribution in [0.4, 0.5) is 0 Å². The topological polar surface area (TPSA) is 85.7 Å². The standard InChI is InChI=1S/C9H9IN4O/c1-13-5-6(9(10)12)2-8-3-7(4-11)14-15-8/h3,5,12-13H,2H2,1H3/b6-5-,12-9?. The third-order valence-corrected chi connectivity index (χ3v) is 2.33. The molecule has 0 aliphatic rings. The van der Waals surface area contributed by atoms with Crippen LogP contribution in [0.1, 0.15) is 11.5 Å². The van der Waals surface area contributed by atoms with Gasteiger partial charge in [-0.25, -0.2) is 0 Å². The van der Waals surface area contributed by atoms with Crippen molar-refractivity contribution in [3.8, 4) is 6.07 Å². The number of hydrogen-bond donors (Lipinski definition) is 2. The highest BCUT2D eigenvalue weighted by molar-refractivity contribution is 14.1. The Morgan fingerprint density at radius 3 is 3.07 bits per heavy atom. The van der Waals surface area contributed by atoms with Gasteiger partial charge in [-0.15, -0.1) is 0 Å². The van der Waals surface area contributed by atoms with Crippen molar-refractivity contribution in [1.29, 1.82) is 10.7 Å². The van der Waals surface area contributed by atoms with E-state index in [0.29, 0.717) is 15.9 Å². The zero-order chi connectivity index (χ0) is 11.3. The third-order valence-electron chi connectivity index (χ3n) is 1.64. The first-order valence-corrected chi connectivity index (χ1v) is 5.21. The van der Waals surface area contributed by atoms with Gasteiger partial charge in [-0.05, 0) is 22.6 Å². The highest BCUT2D eigenvalue weighted by Crippen LogP contribution is 2.12. The molecule has 15 heavy (non-hydrogen) atoms. The van der Waals surface area contributed by atoms with Crippen LogP contribution in [-0.2, 0) is 6.42 Å². The number of nitriles is 1. The van der Waals surface area contributed by atoms with Gasteiger partial charge in [-0.1, -0.05) is 5.16 Å². The molecule has 0 radical (unpaired) electrons. The van der Waals surface area contributed by atoms with Crippen molar-refractivity contribution in [3.63, 3.8) is 0 Å². The number of rotatable bonds is 4. The maximum absolute atomic E-state index is 8.55. The van der Waals surface area contributed by atoms with Crippen molar-refractivity contribution in [2.75, 3.05) is 7.05 Å². The minimum atomic E-state index is 0.258. The minimum Gasteiger partial charge on any atom is -0.394 e. The van der Waals surface area contributed by atoms with Crippen LogP contribution in [0.15, 0.2) is 22.4 Å². The number of hydrogen-bond acceptors (Lipinski definition) is 5. The molecule has 0 amide bonds. The molecule has 2 N–H and O–H groups in total. The van der Waals surface area contributed by atoms with E-state index in [1.807, 2.05) is 28.7 Å². The molecular weight excluding hydrogens is 307 g/mol. The first kappa shape index (κ1) is 11.7. The molecule has 0 unspecified atom stereocenters. The van der Waals surface area contributed by atoms with Crippen LogP contribution >= 0.6 is 22.6 Å². The zero-order valence-electron chi connectivity index (χ0n) is 8.04. The summed E-state index contributed by atoms with van der Waals surface area (Å²) in [4.78, 5) is 0. The monoisotopic (exact) mass is 316 g/mol. The summed E-state index contributed by atoms with van der Waals surface area (Å²) in [5.41, 5.74) is 1.05. The molecular formula is C9H9IN4O. The summed E-state index contributed by atoms with van der Waals surface area (Å²) in [6, 6.07) is 3.46. The summed E-state index contributed by atoms with van der Waals surface area (Å²) >= 11 is 1.92. The van der Waals surface area contributed by atoms with Crippen LogP contribution in [0.25, 0.3) is 0 Å². The Bertz CT molecular complexity index is 430. The van der Waals surface area contributed by atoms with Crippen molar-refractivity contribution < 1.29 is 4.52 Å². The van der Waals surface area contributed by atoms with Crippen molar-refractivity contribution >= 4 is 26.3 Å². The molecule has 0 saturated heterocycles. The number of aromatic nitrogens is 1. The summed E-state index contributed by atoms with van der Waals surface area (Å²) < 4.78 is 5.37. The van der Waals surface area contributed by atoms with Gasteiger partial charge in [0.1, 0.15) is 11.8 Å². The second-order valence-electron chi connectivity index (χ2n) is 2.74. The third kappa shape index (κ3) is 3.36. The lowest BCUT2D eigenvalue weighted by molar-refractivity contribution is 0.388. The number of nitrogens with zero attached hydrogens (tertiary/aromatic N) is 2. The van der Waals surface area contributed by atoms with Gasteiger partial charge in [0.15, 0.2) is 5.69 Å².